The molecular weight excluding hydrogens is 250 g/mol. The number of nitrogens with one attached hydrogen (secondary N) is 1. The molecule has 1 saturated heterocycles. The zero-order valence-corrected chi connectivity index (χ0v) is 13.0. The minimum absolute atomic E-state index is 0.198. The van der Waals surface area contributed by atoms with E-state index >= 15 is 0 Å². The van der Waals surface area contributed by atoms with Gasteiger partial charge >= 0.3 is 0 Å². The second-order valence-corrected chi connectivity index (χ2v) is 6.70. The molecule has 0 bridgehead atoms. The lowest BCUT2D eigenvalue weighted by Gasteiger charge is -2.36. The maximum absolute atomic E-state index is 12.5. The molecule has 0 aromatic heterocycles. The van der Waals surface area contributed by atoms with Gasteiger partial charge in [-0.2, -0.15) is 0 Å². The molecule has 0 spiro atoms. The molecule has 1 amide bonds. The number of hydrogen-bond donors (Lipinski definition) is 2. The predicted octanol–water partition coefficient (Wildman–Crippen LogP) is 1.89. The van der Waals surface area contributed by atoms with Crippen molar-refractivity contribution in [3.05, 3.63) is 0 Å². The summed E-state index contributed by atoms with van der Waals surface area (Å²) < 4.78 is 0. The first-order valence-electron chi connectivity index (χ1n) is 8.40. The number of likely N-dealkylation sites (tertiary alicyclic amines) is 1. The number of rotatable bonds is 5. The molecule has 1 saturated carbocycles. The van der Waals surface area contributed by atoms with Crippen LogP contribution in [-0.4, -0.2) is 43.0 Å². The van der Waals surface area contributed by atoms with Gasteiger partial charge in [0.1, 0.15) is 0 Å². The number of nitrogens with zero attached hydrogens (tertiary/aromatic N) is 1. The second kappa shape index (κ2) is 7.41. The van der Waals surface area contributed by atoms with Crippen LogP contribution in [0.2, 0.25) is 0 Å². The normalized spacial score (nSPS) is 25.1. The van der Waals surface area contributed by atoms with Crippen molar-refractivity contribution < 1.29 is 4.79 Å². The summed E-state index contributed by atoms with van der Waals surface area (Å²) in [5.74, 6) is 0.198. The Kier molecular flexibility index (Phi) is 5.85. The lowest BCUT2D eigenvalue weighted by molar-refractivity contribution is -0.132. The van der Waals surface area contributed by atoms with Crippen molar-refractivity contribution in [3.63, 3.8) is 0 Å². The molecule has 1 aliphatic heterocycles. The highest BCUT2D eigenvalue weighted by molar-refractivity contribution is 5.83. The molecule has 1 heterocycles. The van der Waals surface area contributed by atoms with Crippen LogP contribution in [-0.2, 0) is 4.79 Å². The molecule has 20 heavy (non-hydrogen) atoms. The zero-order chi connectivity index (χ0) is 14.4. The summed E-state index contributed by atoms with van der Waals surface area (Å²) in [6.07, 6.45) is 9.42. The molecule has 0 radical (unpaired) electrons. The fourth-order valence-corrected chi connectivity index (χ4v) is 3.67. The maximum Gasteiger partial charge on any atom is 0.227 e. The van der Waals surface area contributed by atoms with Crippen molar-refractivity contribution in [2.45, 2.75) is 64.3 Å². The Bertz CT molecular complexity index is 307. The van der Waals surface area contributed by atoms with Crippen LogP contribution in [0.3, 0.4) is 0 Å². The Labute approximate surface area is 123 Å². The molecule has 1 unspecified atom stereocenters. The summed E-state index contributed by atoms with van der Waals surface area (Å²) in [4.78, 5) is 15.0. The number of hydrogen-bond acceptors (Lipinski definition) is 3. The van der Waals surface area contributed by atoms with Gasteiger partial charge in [-0.3, -0.25) is 9.69 Å². The van der Waals surface area contributed by atoms with Crippen LogP contribution in [0.25, 0.3) is 0 Å². The lowest BCUT2D eigenvalue weighted by atomic mass is 9.73. The molecule has 0 aromatic rings. The lowest BCUT2D eigenvalue weighted by Crippen LogP contribution is -2.51. The molecule has 0 aromatic carbocycles. The van der Waals surface area contributed by atoms with E-state index in [2.05, 4.69) is 17.1 Å². The third-order valence-corrected chi connectivity index (χ3v) is 5.26. The van der Waals surface area contributed by atoms with Crippen molar-refractivity contribution >= 4 is 5.91 Å². The van der Waals surface area contributed by atoms with E-state index in [1.54, 1.807) is 0 Å². The quantitative estimate of drug-likeness (QED) is 0.809. The summed E-state index contributed by atoms with van der Waals surface area (Å²) in [6, 6.07) is 0.442. The highest BCUT2D eigenvalue weighted by Crippen LogP contribution is 2.35. The van der Waals surface area contributed by atoms with E-state index in [4.69, 9.17) is 5.73 Å². The fourth-order valence-electron chi connectivity index (χ4n) is 3.67. The van der Waals surface area contributed by atoms with E-state index in [0.717, 1.165) is 32.2 Å². The molecule has 1 aliphatic carbocycles. The molecule has 3 N–H and O–H groups in total. The average Bonchev–Trinajstić information content (AvgIpc) is 2.53. The van der Waals surface area contributed by atoms with Crippen LogP contribution in [0.1, 0.15) is 58.3 Å². The summed E-state index contributed by atoms with van der Waals surface area (Å²) in [5, 5.41) is 3.18. The Morgan fingerprint density at radius 3 is 2.35 bits per heavy atom. The Hall–Kier alpha value is -0.610. The van der Waals surface area contributed by atoms with Crippen molar-refractivity contribution in [2.24, 2.45) is 11.1 Å². The van der Waals surface area contributed by atoms with E-state index in [1.165, 1.54) is 38.8 Å². The van der Waals surface area contributed by atoms with E-state index in [9.17, 15) is 4.79 Å². The fraction of sp³-hybridized carbons (Fsp3) is 0.938. The van der Waals surface area contributed by atoms with Gasteiger partial charge in [-0.15, -0.1) is 0 Å². The summed E-state index contributed by atoms with van der Waals surface area (Å²) in [5.41, 5.74) is 5.64. The minimum Gasteiger partial charge on any atom is -0.354 e. The SMILES string of the molecule is CC(CNC(=O)C1(CN)CCCCC1)N1CCCCC1. The molecule has 2 aliphatic rings. The van der Waals surface area contributed by atoms with Crippen molar-refractivity contribution in [1.29, 1.82) is 0 Å². The van der Waals surface area contributed by atoms with Crippen LogP contribution < -0.4 is 11.1 Å². The van der Waals surface area contributed by atoms with Crippen LogP contribution in [0.15, 0.2) is 0 Å². The topological polar surface area (TPSA) is 58.4 Å². The number of carbonyl (C=O) groups is 1. The van der Waals surface area contributed by atoms with E-state index in [0.29, 0.717) is 12.6 Å². The van der Waals surface area contributed by atoms with E-state index in [1.807, 2.05) is 0 Å². The Balaban J connectivity index is 1.80. The van der Waals surface area contributed by atoms with Gasteiger partial charge in [0.05, 0.1) is 5.41 Å². The van der Waals surface area contributed by atoms with Crippen LogP contribution in [0.5, 0.6) is 0 Å². The predicted molar refractivity (Wildman–Crippen MR) is 82.5 cm³/mol. The largest absolute Gasteiger partial charge is 0.354 e. The monoisotopic (exact) mass is 281 g/mol. The first-order chi connectivity index (χ1) is 9.68. The Morgan fingerprint density at radius 1 is 1.15 bits per heavy atom. The molecule has 4 heteroatoms. The summed E-state index contributed by atoms with van der Waals surface area (Å²) in [6.45, 7) is 5.84. The van der Waals surface area contributed by atoms with Crippen molar-refractivity contribution in [3.8, 4) is 0 Å². The summed E-state index contributed by atoms with van der Waals surface area (Å²) >= 11 is 0. The minimum atomic E-state index is -0.278. The number of nitrogens with two attached hydrogens (primary N) is 1. The Morgan fingerprint density at radius 2 is 1.75 bits per heavy atom. The molecule has 1 atom stereocenters. The van der Waals surface area contributed by atoms with Gasteiger partial charge < -0.3 is 11.1 Å². The van der Waals surface area contributed by atoms with Gasteiger partial charge in [0.15, 0.2) is 0 Å². The molecule has 116 valence electrons. The van der Waals surface area contributed by atoms with E-state index < -0.39 is 0 Å². The smallest absolute Gasteiger partial charge is 0.227 e. The van der Waals surface area contributed by atoms with Gasteiger partial charge in [-0.1, -0.05) is 25.7 Å². The number of piperidine rings is 1. The first-order valence-corrected chi connectivity index (χ1v) is 8.40. The standard InChI is InChI=1S/C16H31N3O/c1-14(19-10-6-3-7-11-19)12-18-15(20)16(13-17)8-4-2-5-9-16/h14H,2-13,17H2,1H3,(H,18,20). The number of amides is 1. The maximum atomic E-state index is 12.5. The van der Waals surface area contributed by atoms with Gasteiger partial charge in [0, 0.05) is 19.1 Å². The molecule has 2 rings (SSSR count). The first kappa shape index (κ1) is 15.8. The highest BCUT2D eigenvalue weighted by Gasteiger charge is 2.38. The van der Waals surface area contributed by atoms with Gasteiger partial charge in [0.25, 0.3) is 0 Å². The molecule has 4 nitrogen and oxygen atoms in total. The third kappa shape index (κ3) is 3.73. The zero-order valence-electron chi connectivity index (χ0n) is 13.0. The van der Waals surface area contributed by atoms with Gasteiger partial charge in [-0.25, -0.2) is 0 Å². The van der Waals surface area contributed by atoms with Crippen molar-refractivity contribution in [2.75, 3.05) is 26.2 Å². The van der Waals surface area contributed by atoms with Gasteiger partial charge in [-0.05, 0) is 45.7 Å². The summed E-state index contributed by atoms with van der Waals surface area (Å²) in [7, 11) is 0. The van der Waals surface area contributed by atoms with Crippen LogP contribution >= 0.6 is 0 Å². The van der Waals surface area contributed by atoms with Crippen LogP contribution in [0.4, 0.5) is 0 Å². The second-order valence-electron chi connectivity index (χ2n) is 6.70. The highest BCUT2D eigenvalue weighted by atomic mass is 16.2. The van der Waals surface area contributed by atoms with Crippen LogP contribution in [0, 0.1) is 5.41 Å². The van der Waals surface area contributed by atoms with E-state index in [-0.39, 0.29) is 11.3 Å². The molecular formula is C16H31N3O. The van der Waals surface area contributed by atoms with Crippen molar-refractivity contribution in [1.82, 2.24) is 10.2 Å². The average molecular weight is 281 g/mol. The van der Waals surface area contributed by atoms with Gasteiger partial charge in [0.2, 0.25) is 5.91 Å². The third-order valence-electron chi connectivity index (χ3n) is 5.26. The number of carbonyl (C=O) groups excluding carboxylic acids is 1. The molecule has 2 fully saturated rings.